The van der Waals surface area contributed by atoms with E-state index < -0.39 is 34.4 Å². The molecule has 1 unspecified atom stereocenters. The van der Waals surface area contributed by atoms with Gasteiger partial charge in [0.15, 0.2) is 6.61 Å². The van der Waals surface area contributed by atoms with Crippen LogP contribution in [0.5, 0.6) is 5.75 Å². The maximum atomic E-state index is 13.8. The molecule has 11 heteroatoms. The molecular formula is C35H37ClFN3O5S. The van der Waals surface area contributed by atoms with E-state index in [9.17, 15) is 22.4 Å². The molecule has 0 aliphatic carbocycles. The van der Waals surface area contributed by atoms with Gasteiger partial charge < -0.3 is 15.0 Å². The van der Waals surface area contributed by atoms with E-state index in [-0.39, 0.29) is 28.8 Å². The zero-order valence-corrected chi connectivity index (χ0v) is 27.2. The molecule has 0 radical (unpaired) electrons. The Morgan fingerprint density at radius 1 is 0.870 bits per heavy atom. The Morgan fingerprint density at radius 3 is 2.15 bits per heavy atom. The van der Waals surface area contributed by atoms with Crippen molar-refractivity contribution in [1.82, 2.24) is 10.2 Å². The van der Waals surface area contributed by atoms with Crippen molar-refractivity contribution in [2.45, 2.75) is 44.2 Å². The molecule has 4 rings (SSSR count). The summed E-state index contributed by atoms with van der Waals surface area (Å²) in [6.07, 6.45) is 1.09. The van der Waals surface area contributed by atoms with Gasteiger partial charge in [-0.3, -0.25) is 14.3 Å². The molecule has 242 valence electrons. The number of carbonyl (C=O) groups is 2. The minimum Gasteiger partial charge on any atom is -0.484 e. The summed E-state index contributed by atoms with van der Waals surface area (Å²) >= 11 is 6.10. The number of nitrogens with one attached hydrogen (secondary N) is 2. The summed E-state index contributed by atoms with van der Waals surface area (Å²) < 4.78 is 47.0. The minimum atomic E-state index is -3.95. The van der Waals surface area contributed by atoms with Crippen LogP contribution in [-0.4, -0.2) is 44.3 Å². The van der Waals surface area contributed by atoms with Gasteiger partial charge in [-0.15, -0.1) is 0 Å². The van der Waals surface area contributed by atoms with E-state index in [1.807, 2.05) is 30.3 Å². The van der Waals surface area contributed by atoms with Crippen LogP contribution in [0.15, 0.2) is 108 Å². The standard InChI is InChI=1S/C35H37ClFN3O5S/c1-25(2)20-21-38-35(42)33(22-26-6-4-3-5-7-26)40(23-27-8-10-28(36)11-9-27)34(41)24-45-31-16-18-32(19-17-31)46(43,44)39-30-14-12-29(37)13-15-30/h3-19,25,33,39H,20-24H2,1-2H3,(H,38,42). The molecule has 4 aromatic rings. The van der Waals surface area contributed by atoms with Gasteiger partial charge in [0.25, 0.3) is 15.9 Å². The summed E-state index contributed by atoms with van der Waals surface area (Å²) in [5.74, 6) is -0.516. The Labute approximate surface area is 274 Å². The van der Waals surface area contributed by atoms with Gasteiger partial charge in [0.05, 0.1) is 4.90 Å². The lowest BCUT2D eigenvalue weighted by Crippen LogP contribution is -2.52. The van der Waals surface area contributed by atoms with Crippen molar-refractivity contribution in [3.05, 3.63) is 125 Å². The smallest absolute Gasteiger partial charge is 0.261 e. The predicted molar refractivity (Wildman–Crippen MR) is 178 cm³/mol. The van der Waals surface area contributed by atoms with Gasteiger partial charge in [0.1, 0.15) is 17.6 Å². The van der Waals surface area contributed by atoms with Crippen molar-refractivity contribution < 1.29 is 27.1 Å². The molecule has 2 N–H and O–H groups in total. The second-order valence-electron chi connectivity index (χ2n) is 11.2. The molecule has 0 bridgehead atoms. The number of amides is 2. The molecule has 2 amide bonds. The molecule has 46 heavy (non-hydrogen) atoms. The average molecular weight is 666 g/mol. The summed E-state index contributed by atoms with van der Waals surface area (Å²) in [5.41, 5.74) is 1.90. The number of sulfonamides is 1. The minimum absolute atomic E-state index is 0.0409. The van der Waals surface area contributed by atoms with Crippen molar-refractivity contribution in [1.29, 1.82) is 0 Å². The third-order valence-electron chi connectivity index (χ3n) is 7.15. The first kappa shape index (κ1) is 34.5. The molecule has 8 nitrogen and oxygen atoms in total. The Bertz CT molecular complexity index is 1690. The molecule has 0 aliphatic heterocycles. The number of nitrogens with zero attached hydrogens (tertiary/aromatic N) is 1. The van der Waals surface area contributed by atoms with Crippen LogP contribution in [0.3, 0.4) is 0 Å². The Balaban J connectivity index is 1.52. The van der Waals surface area contributed by atoms with E-state index in [0.717, 1.165) is 29.7 Å². The number of ether oxygens (including phenoxy) is 1. The molecule has 0 saturated carbocycles. The number of hydrogen-bond acceptors (Lipinski definition) is 5. The average Bonchev–Trinajstić information content (AvgIpc) is 3.04. The largest absolute Gasteiger partial charge is 0.484 e. The zero-order chi connectivity index (χ0) is 33.1. The third kappa shape index (κ3) is 10.3. The van der Waals surface area contributed by atoms with E-state index in [0.29, 0.717) is 23.9 Å². The van der Waals surface area contributed by atoms with E-state index >= 15 is 0 Å². The Hall–Kier alpha value is -4.41. The number of hydrogen-bond donors (Lipinski definition) is 2. The summed E-state index contributed by atoms with van der Waals surface area (Å²) in [7, 11) is -3.95. The topological polar surface area (TPSA) is 105 Å². The first-order chi connectivity index (χ1) is 22.0. The summed E-state index contributed by atoms with van der Waals surface area (Å²) in [6.45, 7) is 4.38. The molecular weight excluding hydrogens is 629 g/mol. The van der Waals surface area contributed by atoms with Gasteiger partial charge in [0.2, 0.25) is 5.91 Å². The van der Waals surface area contributed by atoms with Gasteiger partial charge >= 0.3 is 0 Å². The summed E-state index contributed by atoms with van der Waals surface area (Å²) in [4.78, 5) is 28.9. The predicted octanol–water partition coefficient (Wildman–Crippen LogP) is 6.46. The molecule has 1 atom stereocenters. The van der Waals surface area contributed by atoms with Crippen molar-refractivity contribution in [2.75, 3.05) is 17.9 Å². The maximum absolute atomic E-state index is 13.8. The quantitative estimate of drug-likeness (QED) is 0.152. The van der Waals surface area contributed by atoms with Crippen LogP contribution < -0.4 is 14.8 Å². The summed E-state index contributed by atoms with van der Waals surface area (Å²) in [6, 6.07) is 26.2. The number of halogens is 2. The van der Waals surface area contributed by atoms with Crippen molar-refractivity contribution in [2.24, 2.45) is 5.92 Å². The number of benzene rings is 4. The normalized spacial score (nSPS) is 11.9. The van der Waals surface area contributed by atoms with Gasteiger partial charge in [-0.1, -0.05) is 67.9 Å². The first-order valence-electron chi connectivity index (χ1n) is 14.9. The highest BCUT2D eigenvalue weighted by Crippen LogP contribution is 2.21. The van der Waals surface area contributed by atoms with Gasteiger partial charge in [-0.05, 0) is 84.1 Å². The first-order valence-corrected chi connectivity index (χ1v) is 16.7. The van der Waals surface area contributed by atoms with Crippen molar-refractivity contribution >= 4 is 39.1 Å². The fraction of sp³-hybridized carbons (Fsp3) is 0.257. The monoisotopic (exact) mass is 665 g/mol. The second-order valence-corrected chi connectivity index (χ2v) is 13.3. The maximum Gasteiger partial charge on any atom is 0.261 e. The lowest BCUT2D eigenvalue weighted by atomic mass is 10.0. The van der Waals surface area contributed by atoms with E-state index in [1.54, 1.807) is 24.3 Å². The van der Waals surface area contributed by atoms with E-state index in [1.165, 1.54) is 41.3 Å². The fourth-order valence-electron chi connectivity index (χ4n) is 4.62. The molecule has 0 aliphatic rings. The molecule has 0 fully saturated rings. The lowest BCUT2D eigenvalue weighted by molar-refractivity contribution is -0.142. The third-order valence-corrected chi connectivity index (χ3v) is 8.80. The molecule has 4 aromatic carbocycles. The van der Waals surface area contributed by atoms with Crippen LogP contribution in [0.4, 0.5) is 10.1 Å². The van der Waals surface area contributed by atoms with Crippen LogP contribution in [0.25, 0.3) is 0 Å². The number of carbonyl (C=O) groups excluding carboxylic acids is 2. The van der Waals surface area contributed by atoms with Crippen molar-refractivity contribution in [3.63, 3.8) is 0 Å². The number of anilines is 1. The Kier molecular flexibility index (Phi) is 12.2. The van der Waals surface area contributed by atoms with Crippen LogP contribution in [0, 0.1) is 11.7 Å². The fourth-order valence-corrected chi connectivity index (χ4v) is 5.80. The van der Waals surface area contributed by atoms with Crippen LogP contribution in [0.1, 0.15) is 31.4 Å². The van der Waals surface area contributed by atoms with Crippen LogP contribution in [-0.2, 0) is 32.6 Å². The van der Waals surface area contributed by atoms with Gasteiger partial charge in [-0.2, -0.15) is 0 Å². The molecule has 0 saturated heterocycles. The molecule has 0 aromatic heterocycles. The van der Waals surface area contributed by atoms with Crippen LogP contribution >= 0.6 is 11.6 Å². The molecule has 0 spiro atoms. The molecule has 0 heterocycles. The number of rotatable bonds is 15. The van der Waals surface area contributed by atoms with Gasteiger partial charge in [-0.25, -0.2) is 12.8 Å². The lowest BCUT2D eigenvalue weighted by Gasteiger charge is -2.31. The highest BCUT2D eigenvalue weighted by Gasteiger charge is 2.30. The van der Waals surface area contributed by atoms with Crippen LogP contribution in [0.2, 0.25) is 5.02 Å². The van der Waals surface area contributed by atoms with E-state index in [4.69, 9.17) is 16.3 Å². The summed E-state index contributed by atoms with van der Waals surface area (Å²) in [5, 5.41) is 3.55. The zero-order valence-electron chi connectivity index (χ0n) is 25.7. The highest BCUT2D eigenvalue weighted by molar-refractivity contribution is 7.92. The SMILES string of the molecule is CC(C)CCNC(=O)C(Cc1ccccc1)N(Cc1ccc(Cl)cc1)C(=O)COc1ccc(S(=O)(=O)Nc2ccc(F)cc2)cc1. The van der Waals surface area contributed by atoms with Gasteiger partial charge in [0, 0.05) is 30.2 Å². The Morgan fingerprint density at radius 2 is 1.52 bits per heavy atom. The van der Waals surface area contributed by atoms with E-state index in [2.05, 4.69) is 23.9 Å². The second kappa shape index (κ2) is 16.2. The highest BCUT2D eigenvalue weighted by atomic mass is 35.5. The van der Waals surface area contributed by atoms with Crippen molar-refractivity contribution in [3.8, 4) is 5.75 Å².